The Morgan fingerprint density at radius 3 is 2.19 bits per heavy atom. The van der Waals surface area contributed by atoms with Gasteiger partial charge in [-0.1, -0.05) is 0 Å². The number of benzene rings is 1. The number of nitrogens with two attached hydrogens (primary N) is 2. The summed E-state index contributed by atoms with van der Waals surface area (Å²) in [5.74, 6) is 0. The van der Waals surface area contributed by atoms with Crippen LogP contribution in [0.1, 0.15) is 5.56 Å². The fourth-order valence-corrected chi connectivity index (χ4v) is 1.48. The number of anilines is 2. The summed E-state index contributed by atoms with van der Waals surface area (Å²) in [6.07, 6.45) is -4.53. The minimum absolute atomic E-state index is 0.199. The van der Waals surface area contributed by atoms with Gasteiger partial charge in [0.05, 0.1) is 16.9 Å². The van der Waals surface area contributed by atoms with Gasteiger partial charge in [0.2, 0.25) is 0 Å². The summed E-state index contributed by atoms with van der Waals surface area (Å²) >= 11 is 0. The topological polar surface area (TPSA) is 98.2 Å². The van der Waals surface area contributed by atoms with Gasteiger partial charge in [-0.15, -0.1) is 0 Å². The molecule has 1 rings (SSSR count). The number of nitrogen functional groups attached to an aromatic ring is 1. The van der Waals surface area contributed by atoms with Crippen molar-refractivity contribution in [3.05, 3.63) is 23.8 Å². The number of halogens is 3. The highest BCUT2D eigenvalue weighted by atomic mass is 32.2. The van der Waals surface area contributed by atoms with Crippen molar-refractivity contribution in [3.8, 4) is 0 Å². The average molecular weight is 255 g/mol. The fourth-order valence-electron chi connectivity index (χ4n) is 0.985. The second kappa shape index (κ2) is 3.83. The largest absolute Gasteiger partial charge is 0.416 e. The van der Waals surface area contributed by atoms with Crippen LogP contribution < -0.4 is 15.6 Å². The van der Waals surface area contributed by atoms with Crippen molar-refractivity contribution in [2.24, 2.45) is 5.14 Å². The van der Waals surface area contributed by atoms with Gasteiger partial charge in [-0.25, -0.2) is 5.14 Å². The normalized spacial score (nSPS) is 12.5. The molecule has 5 nitrogen and oxygen atoms in total. The predicted octanol–water partition coefficient (Wildman–Crippen LogP) is 0.903. The molecule has 0 bridgehead atoms. The maximum Gasteiger partial charge on any atom is 0.416 e. The maximum atomic E-state index is 12.2. The highest BCUT2D eigenvalue weighted by Gasteiger charge is 2.30. The zero-order valence-corrected chi connectivity index (χ0v) is 8.56. The summed E-state index contributed by atoms with van der Waals surface area (Å²) < 4.78 is 59.7. The standard InChI is InChI=1S/C7H8F3N3O2S/c8-7(9,10)4-1-2-6(5(11)3-4)13-16(12,14)15/h1-3,13H,11H2,(H2,12,14,15). The molecule has 0 unspecified atom stereocenters. The van der Waals surface area contributed by atoms with Crippen LogP contribution in [0, 0.1) is 0 Å². The summed E-state index contributed by atoms with van der Waals surface area (Å²) in [6.45, 7) is 0. The number of rotatable bonds is 2. The monoisotopic (exact) mass is 255 g/mol. The molecule has 0 fully saturated rings. The third-order valence-corrected chi connectivity index (χ3v) is 2.14. The first-order chi connectivity index (χ1) is 7.09. The van der Waals surface area contributed by atoms with Crippen molar-refractivity contribution < 1.29 is 21.6 Å². The minimum Gasteiger partial charge on any atom is -0.397 e. The van der Waals surface area contributed by atoms with E-state index >= 15 is 0 Å². The number of hydrogen-bond acceptors (Lipinski definition) is 3. The molecule has 0 atom stereocenters. The van der Waals surface area contributed by atoms with E-state index in [0.717, 1.165) is 6.07 Å². The molecule has 16 heavy (non-hydrogen) atoms. The Bertz CT molecular complexity index is 498. The lowest BCUT2D eigenvalue weighted by Gasteiger charge is -2.11. The number of nitrogens with one attached hydrogen (secondary N) is 1. The first kappa shape index (κ1) is 12.6. The Morgan fingerprint density at radius 2 is 1.81 bits per heavy atom. The van der Waals surface area contributed by atoms with Crippen LogP contribution in [0.15, 0.2) is 18.2 Å². The molecular formula is C7H8F3N3O2S. The van der Waals surface area contributed by atoms with Crippen molar-refractivity contribution in [1.29, 1.82) is 0 Å². The van der Waals surface area contributed by atoms with Crippen LogP contribution in [0.2, 0.25) is 0 Å². The molecule has 0 amide bonds. The van der Waals surface area contributed by atoms with Gasteiger partial charge >= 0.3 is 6.18 Å². The molecule has 0 heterocycles. The van der Waals surface area contributed by atoms with E-state index in [9.17, 15) is 21.6 Å². The quantitative estimate of drug-likeness (QED) is 0.685. The third kappa shape index (κ3) is 3.28. The van der Waals surface area contributed by atoms with Gasteiger partial charge in [-0.05, 0) is 18.2 Å². The highest BCUT2D eigenvalue weighted by Crippen LogP contribution is 2.32. The summed E-state index contributed by atoms with van der Waals surface area (Å²) in [6, 6.07) is 2.21. The van der Waals surface area contributed by atoms with Gasteiger partial charge in [0.15, 0.2) is 0 Å². The summed E-state index contributed by atoms with van der Waals surface area (Å²) in [4.78, 5) is 0. The molecule has 0 spiro atoms. The van der Waals surface area contributed by atoms with Crippen LogP contribution in [0.5, 0.6) is 0 Å². The molecule has 0 aliphatic heterocycles. The molecule has 1 aromatic rings. The lowest BCUT2D eigenvalue weighted by Crippen LogP contribution is -2.22. The van der Waals surface area contributed by atoms with Crippen LogP contribution in [0.3, 0.4) is 0 Å². The van der Waals surface area contributed by atoms with Gasteiger partial charge in [0.1, 0.15) is 0 Å². The van der Waals surface area contributed by atoms with E-state index in [1.54, 1.807) is 4.72 Å². The Morgan fingerprint density at radius 1 is 1.25 bits per heavy atom. The molecule has 1 aromatic carbocycles. The molecule has 0 aliphatic carbocycles. The Hall–Kier alpha value is -1.48. The molecule has 9 heteroatoms. The average Bonchev–Trinajstić information content (AvgIpc) is 2.04. The van der Waals surface area contributed by atoms with Crippen molar-refractivity contribution in [2.75, 3.05) is 10.5 Å². The van der Waals surface area contributed by atoms with E-state index in [-0.39, 0.29) is 11.4 Å². The molecule has 90 valence electrons. The predicted molar refractivity (Wildman–Crippen MR) is 52.6 cm³/mol. The van der Waals surface area contributed by atoms with Crippen molar-refractivity contribution in [1.82, 2.24) is 0 Å². The van der Waals surface area contributed by atoms with Gasteiger partial charge < -0.3 is 5.73 Å². The van der Waals surface area contributed by atoms with Crippen LogP contribution in [0.25, 0.3) is 0 Å². The van der Waals surface area contributed by atoms with Crippen LogP contribution in [0.4, 0.5) is 24.5 Å². The minimum atomic E-state index is -4.53. The summed E-state index contributed by atoms with van der Waals surface area (Å²) in [5.41, 5.74) is 3.72. The van der Waals surface area contributed by atoms with Gasteiger partial charge in [-0.3, -0.25) is 4.72 Å². The smallest absolute Gasteiger partial charge is 0.397 e. The lowest BCUT2D eigenvalue weighted by atomic mass is 10.2. The van der Waals surface area contributed by atoms with Crippen LogP contribution in [-0.2, 0) is 16.4 Å². The Labute approximate surface area is 89.4 Å². The summed E-state index contributed by atoms with van der Waals surface area (Å²) in [5, 5.41) is 4.64. The van der Waals surface area contributed by atoms with E-state index in [1.807, 2.05) is 0 Å². The number of hydrogen-bond donors (Lipinski definition) is 3. The van der Waals surface area contributed by atoms with E-state index in [4.69, 9.17) is 5.73 Å². The zero-order chi connectivity index (χ0) is 12.6. The molecule has 0 saturated carbocycles. The van der Waals surface area contributed by atoms with Crippen molar-refractivity contribution in [3.63, 3.8) is 0 Å². The second-order valence-electron chi connectivity index (χ2n) is 2.95. The molecule has 5 N–H and O–H groups in total. The lowest BCUT2D eigenvalue weighted by molar-refractivity contribution is -0.137. The van der Waals surface area contributed by atoms with Crippen molar-refractivity contribution in [2.45, 2.75) is 6.18 Å². The maximum absolute atomic E-state index is 12.2. The van der Waals surface area contributed by atoms with E-state index in [0.29, 0.717) is 12.1 Å². The van der Waals surface area contributed by atoms with Gasteiger partial charge in [0.25, 0.3) is 10.2 Å². The Balaban J connectivity index is 3.11. The first-order valence-corrected chi connectivity index (χ1v) is 5.41. The Kier molecular flexibility index (Phi) is 3.01. The highest BCUT2D eigenvalue weighted by molar-refractivity contribution is 7.90. The molecule has 0 radical (unpaired) electrons. The molecule has 0 aromatic heterocycles. The van der Waals surface area contributed by atoms with Crippen molar-refractivity contribution >= 4 is 21.6 Å². The van der Waals surface area contributed by atoms with Gasteiger partial charge in [-0.2, -0.15) is 21.6 Å². The van der Waals surface area contributed by atoms with Crippen LogP contribution in [-0.4, -0.2) is 8.42 Å². The third-order valence-electron chi connectivity index (χ3n) is 1.63. The number of alkyl halides is 3. The van der Waals surface area contributed by atoms with E-state index in [1.165, 1.54) is 0 Å². The first-order valence-electron chi connectivity index (χ1n) is 3.87. The summed E-state index contributed by atoms with van der Waals surface area (Å²) in [7, 11) is -4.06. The fraction of sp³-hybridized carbons (Fsp3) is 0.143. The second-order valence-corrected chi connectivity index (χ2v) is 4.24. The zero-order valence-electron chi connectivity index (χ0n) is 7.75. The SMILES string of the molecule is Nc1cc(C(F)(F)F)ccc1NS(N)(=O)=O. The van der Waals surface area contributed by atoms with Crippen LogP contribution >= 0.6 is 0 Å². The van der Waals surface area contributed by atoms with Gasteiger partial charge in [0, 0.05) is 0 Å². The van der Waals surface area contributed by atoms with E-state index in [2.05, 4.69) is 5.14 Å². The molecule has 0 aliphatic rings. The van der Waals surface area contributed by atoms with E-state index < -0.39 is 21.9 Å². The molecular weight excluding hydrogens is 247 g/mol. The molecule has 0 saturated heterocycles.